The van der Waals surface area contributed by atoms with Crippen LogP contribution in [-0.4, -0.2) is 47.3 Å². The zero-order valence-electron chi connectivity index (χ0n) is 15.4. The summed E-state index contributed by atoms with van der Waals surface area (Å²) in [4.78, 5) is 15.9. The molecule has 0 spiro atoms. The highest BCUT2D eigenvalue weighted by atomic mass is 16.5. The van der Waals surface area contributed by atoms with E-state index in [1.807, 2.05) is 25.4 Å². The van der Waals surface area contributed by atoms with E-state index < -0.39 is 0 Å². The van der Waals surface area contributed by atoms with E-state index in [1.54, 1.807) is 0 Å². The Balaban J connectivity index is 1.46. The van der Waals surface area contributed by atoms with E-state index in [-0.39, 0.29) is 6.04 Å². The third-order valence-corrected chi connectivity index (χ3v) is 5.26. The number of hydrogen-bond acceptors (Lipinski definition) is 6. The maximum atomic E-state index is 5.76. The van der Waals surface area contributed by atoms with E-state index in [4.69, 9.17) is 9.72 Å². The van der Waals surface area contributed by atoms with E-state index in [2.05, 4.69) is 32.3 Å². The topological polar surface area (TPSA) is 63.2 Å². The molecule has 6 heteroatoms. The van der Waals surface area contributed by atoms with Gasteiger partial charge in [-0.3, -0.25) is 4.98 Å². The zero-order chi connectivity index (χ0) is 17.8. The molecule has 26 heavy (non-hydrogen) atoms. The molecule has 2 aliphatic rings. The normalized spacial score (nSPS) is 23.2. The summed E-state index contributed by atoms with van der Waals surface area (Å²) < 4.78 is 5.76. The minimum absolute atomic E-state index is 0.270. The van der Waals surface area contributed by atoms with Gasteiger partial charge in [-0.2, -0.15) is 4.98 Å². The van der Waals surface area contributed by atoms with Crippen molar-refractivity contribution in [2.75, 3.05) is 36.5 Å². The number of anilines is 2. The maximum absolute atomic E-state index is 5.76. The van der Waals surface area contributed by atoms with Gasteiger partial charge in [-0.25, -0.2) is 4.98 Å². The van der Waals surface area contributed by atoms with Gasteiger partial charge < -0.3 is 15.0 Å². The number of aromatic nitrogens is 3. The summed E-state index contributed by atoms with van der Waals surface area (Å²) >= 11 is 0. The van der Waals surface area contributed by atoms with Gasteiger partial charge in [-0.1, -0.05) is 0 Å². The van der Waals surface area contributed by atoms with Gasteiger partial charge in [0, 0.05) is 43.2 Å². The van der Waals surface area contributed by atoms with Gasteiger partial charge in [0.2, 0.25) is 5.95 Å². The molecule has 0 bridgehead atoms. The molecule has 0 aliphatic carbocycles. The fourth-order valence-electron chi connectivity index (χ4n) is 3.83. The average Bonchev–Trinajstić information content (AvgIpc) is 3.09. The highest BCUT2D eigenvalue weighted by Crippen LogP contribution is 2.24. The number of hydrogen-bond donors (Lipinski definition) is 1. The van der Waals surface area contributed by atoms with Crippen molar-refractivity contribution in [2.24, 2.45) is 5.92 Å². The fourth-order valence-corrected chi connectivity index (χ4v) is 3.83. The summed E-state index contributed by atoms with van der Waals surface area (Å²) in [6.07, 6.45) is 8.46. The molecule has 2 atom stereocenters. The number of nitrogens with one attached hydrogen (secondary N) is 1. The minimum atomic E-state index is 0.270. The van der Waals surface area contributed by atoms with Crippen LogP contribution in [0.15, 0.2) is 30.6 Å². The molecule has 0 aromatic carbocycles. The van der Waals surface area contributed by atoms with E-state index in [9.17, 15) is 0 Å². The number of ether oxygens (including phenoxy) is 1. The fraction of sp³-hybridized carbons (Fsp3) is 0.550. The molecular weight excluding hydrogens is 326 g/mol. The molecule has 0 amide bonds. The van der Waals surface area contributed by atoms with Crippen LogP contribution in [-0.2, 0) is 11.2 Å². The Morgan fingerprint density at radius 2 is 1.92 bits per heavy atom. The second kappa shape index (κ2) is 7.99. The average molecular weight is 353 g/mol. The van der Waals surface area contributed by atoms with Gasteiger partial charge in [0.1, 0.15) is 5.82 Å². The summed E-state index contributed by atoms with van der Waals surface area (Å²) in [6.45, 7) is 5.65. The predicted octanol–water partition coefficient (Wildman–Crippen LogP) is 2.84. The lowest BCUT2D eigenvalue weighted by molar-refractivity contribution is 0.185. The van der Waals surface area contributed by atoms with Gasteiger partial charge in [-0.05, 0) is 50.3 Å². The number of piperidine rings is 1. The van der Waals surface area contributed by atoms with Crippen molar-refractivity contribution in [3.8, 4) is 0 Å². The third kappa shape index (κ3) is 4.12. The van der Waals surface area contributed by atoms with Crippen molar-refractivity contribution in [3.63, 3.8) is 0 Å². The largest absolute Gasteiger partial charge is 0.379 e. The first-order valence-corrected chi connectivity index (χ1v) is 9.62. The Morgan fingerprint density at radius 1 is 1.12 bits per heavy atom. The van der Waals surface area contributed by atoms with Gasteiger partial charge in [-0.15, -0.1) is 0 Å². The monoisotopic (exact) mass is 353 g/mol. The smallest absolute Gasteiger partial charge is 0.227 e. The lowest BCUT2D eigenvalue weighted by Crippen LogP contribution is -2.32. The molecule has 4 heterocycles. The Bertz CT molecular complexity index is 717. The Labute approximate surface area is 155 Å². The van der Waals surface area contributed by atoms with Crippen LogP contribution in [0.2, 0.25) is 0 Å². The molecular formula is C20H27N5O. The lowest BCUT2D eigenvalue weighted by atomic mass is 9.95. The molecule has 2 aromatic rings. The Kier molecular flexibility index (Phi) is 5.29. The van der Waals surface area contributed by atoms with Crippen LogP contribution >= 0.6 is 0 Å². The van der Waals surface area contributed by atoms with Crippen molar-refractivity contribution in [2.45, 2.75) is 38.6 Å². The van der Waals surface area contributed by atoms with E-state index >= 15 is 0 Å². The van der Waals surface area contributed by atoms with Crippen LogP contribution in [0.25, 0.3) is 0 Å². The SMILES string of the molecule is Cc1cc(N[C@@H]2COC[C@H]2Cc2ccncc2)nc(N2CCCCC2)n1. The van der Waals surface area contributed by atoms with Gasteiger partial charge >= 0.3 is 0 Å². The van der Waals surface area contributed by atoms with Crippen molar-refractivity contribution in [3.05, 3.63) is 41.9 Å². The molecule has 0 saturated carbocycles. The van der Waals surface area contributed by atoms with Crippen LogP contribution in [0.1, 0.15) is 30.5 Å². The highest BCUT2D eigenvalue weighted by Gasteiger charge is 2.29. The van der Waals surface area contributed by atoms with Crippen LogP contribution in [0, 0.1) is 12.8 Å². The molecule has 1 N–H and O–H groups in total. The third-order valence-electron chi connectivity index (χ3n) is 5.26. The van der Waals surface area contributed by atoms with Gasteiger partial charge in [0.25, 0.3) is 0 Å². The van der Waals surface area contributed by atoms with E-state index in [0.717, 1.165) is 50.2 Å². The van der Waals surface area contributed by atoms with Crippen LogP contribution in [0.3, 0.4) is 0 Å². The van der Waals surface area contributed by atoms with Crippen LogP contribution in [0.5, 0.6) is 0 Å². The zero-order valence-corrected chi connectivity index (χ0v) is 15.4. The lowest BCUT2D eigenvalue weighted by Gasteiger charge is -2.27. The van der Waals surface area contributed by atoms with Crippen molar-refractivity contribution < 1.29 is 4.74 Å². The first-order valence-electron chi connectivity index (χ1n) is 9.62. The first kappa shape index (κ1) is 17.2. The molecule has 2 saturated heterocycles. The van der Waals surface area contributed by atoms with E-state index in [1.165, 1.54) is 24.8 Å². The van der Waals surface area contributed by atoms with Crippen LogP contribution in [0.4, 0.5) is 11.8 Å². The van der Waals surface area contributed by atoms with Crippen molar-refractivity contribution >= 4 is 11.8 Å². The molecule has 138 valence electrons. The van der Waals surface area contributed by atoms with E-state index in [0.29, 0.717) is 5.92 Å². The number of nitrogens with zero attached hydrogens (tertiary/aromatic N) is 4. The molecule has 0 unspecified atom stereocenters. The Hall–Kier alpha value is -2.21. The molecule has 2 aliphatic heterocycles. The second-order valence-corrected chi connectivity index (χ2v) is 7.35. The maximum Gasteiger partial charge on any atom is 0.227 e. The summed E-state index contributed by atoms with van der Waals surface area (Å²) in [5.74, 6) is 2.20. The molecule has 4 rings (SSSR count). The summed E-state index contributed by atoms with van der Waals surface area (Å²) in [7, 11) is 0. The quantitative estimate of drug-likeness (QED) is 0.892. The molecule has 2 aromatic heterocycles. The summed E-state index contributed by atoms with van der Waals surface area (Å²) in [5.41, 5.74) is 2.31. The van der Waals surface area contributed by atoms with Crippen molar-refractivity contribution in [1.29, 1.82) is 0 Å². The number of rotatable bonds is 5. The standard InChI is InChI=1S/C20H27N5O/c1-15-11-19(24-20(22-15)25-9-3-2-4-10-25)23-18-14-26-13-17(18)12-16-5-7-21-8-6-16/h5-8,11,17-18H,2-4,9-10,12-14H2,1H3,(H,22,23,24)/t17-,18-/m1/s1. The van der Waals surface area contributed by atoms with Gasteiger partial charge in [0.15, 0.2) is 0 Å². The number of aryl methyl sites for hydroxylation is 1. The minimum Gasteiger partial charge on any atom is -0.379 e. The van der Waals surface area contributed by atoms with Crippen molar-refractivity contribution in [1.82, 2.24) is 15.0 Å². The summed E-state index contributed by atoms with van der Waals surface area (Å²) in [5, 5.41) is 3.61. The molecule has 2 fully saturated rings. The molecule has 0 radical (unpaired) electrons. The second-order valence-electron chi connectivity index (χ2n) is 7.35. The summed E-state index contributed by atoms with van der Waals surface area (Å²) in [6, 6.07) is 6.47. The Morgan fingerprint density at radius 3 is 2.73 bits per heavy atom. The number of pyridine rings is 1. The van der Waals surface area contributed by atoms with Gasteiger partial charge in [0.05, 0.1) is 19.3 Å². The molecule has 6 nitrogen and oxygen atoms in total. The first-order chi connectivity index (χ1) is 12.8. The predicted molar refractivity (Wildman–Crippen MR) is 102 cm³/mol. The van der Waals surface area contributed by atoms with Crippen LogP contribution < -0.4 is 10.2 Å². The highest BCUT2D eigenvalue weighted by molar-refractivity contribution is 5.45.